The van der Waals surface area contributed by atoms with E-state index in [2.05, 4.69) is 31.0 Å². The van der Waals surface area contributed by atoms with Crippen LogP contribution in [0.3, 0.4) is 0 Å². The molecule has 1 saturated heterocycles. The summed E-state index contributed by atoms with van der Waals surface area (Å²) in [4.78, 5) is 13.8. The van der Waals surface area contributed by atoms with Crippen LogP contribution in [0.15, 0.2) is 54.6 Å². The van der Waals surface area contributed by atoms with Gasteiger partial charge in [-0.05, 0) is 61.2 Å². The van der Waals surface area contributed by atoms with E-state index < -0.39 is 0 Å². The lowest BCUT2D eigenvalue weighted by molar-refractivity contribution is -0.117. The van der Waals surface area contributed by atoms with Crippen LogP contribution >= 0.6 is 0 Å². The molecule has 5 nitrogen and oxygen atoms in total. The number of ether oxygens (including phenoxy) is 2. The van der Waals surface area contributed by atoms with Crippen molar-refractivity contribution in [3.63, 3.8) is 0 Å². The molecule has 1 aliphatic rings. The molecule has 2 aromatic carbocycles. The number of hydrogen-bond donors (Lipinski definition) is 1. The van der Waals surface area contributed by atoms with E-state index >= 15 is 0 Å². The molecule has 0 bridgehead atoms. The summed E-state index contributed by atoms with van der Waals surface area (Å²) in [7, 11) is 1.64. The molecule has 29 heavy (non-hydrogen) atoms. The number of carbonyl (C=O) groups is 1. The molecule has 0 radical (unpaired) electrons. The van der Waals surface area contributed by atoms with Crippen LogP contribution in [0.4, 0.5) is 5.69 Å². The van der Waals surface area contributed by atoms with E-state index in [1.807, 2.05) is 42.2 Å². The lowest BCUT2D eigenvalue weighted by atomic mass is 10.1. The van der Waals surface area contributed by atoms with Crippen molar-refractivity contribution >= 4 is 11.6 Å². The second kappa shape index (κ2) is 9.61. The first-order chi connectivity index (χ1) is 14.0. The van der Waals surface area contributed by atoms with Gasteiger partial charge in [-0.25, -0.2) is 0 Å². The van der Waals surface area contributed by atoms with E-state index in [1.165, 1.54) is 5.56 Å². The Balaban J connectivity index is 1.61. The summed E-state index contributed by atoms with van der Waals surface area (Å²) in [5.41, 5.74) is 4.25. The van der Waals surface area contributed by atoms with Gasteiger partial charge in [0.15, 0.2) is 11.5 Å². The minimum Gasteiger partial charge on any atom is -0.493 e. The highest BCUT2D eigenvalue weighted by molar-refractivity contribution is 5.95. The number of anilines is 1. The Hall–Kier alpha value is -2.79. The first-order valence-corrected chi connectivity index (χ1v) is 10.1. The van der Waals surface area contributed by atoms with Crippen LogP contribution in [0, 0.1) is 0 Å². The van der Waals surface area contributed by atoms with Crippen molar-refractivity contribution < 1.29 is 14.3 Å². The van der Waals surface area contributed by atoms with Crippen LogP contribution in [0.5, 0.6) is 11.5 Å². The fourth-order valence-corrected chi connectivity index (χ4v) is 3.40. The lowest BCUT2D eigenvalue weighted by Crippen LogP contribution is -2.23. The zero-order chi connectivity index (χ0) is 20.8. The Labute approximate surface area is 173 Å². The van der Waals surface area contributed by atoms with Crippen molar-refractivity contribution in [3.8, 4) is 11.5 Å². The molecule has 2 aromatic rings. The zero-order valence-electron chi connectivity index (χ0n) is 17.5. The average molecular weight is 395 g/mol. The maximum absolute atomic E-state index is 11.9. The Morgan fingerprint density at radius 3 is 2.59 bits per heavy atom. The molecule has 1 N–H and O–H groups in total. The maximum atomic E-state index is 11.9. The first-order valence-electron chi connectivity index (χ1n) is 10.1. The number of hydrogen-bond acceptors (Lipinski definition) is 4. The Morgan fingerprint density at radius 1 is 1.21 bits per heavy atom. The SMILES string of the molecule is C=C(C)COc1cc(CNC(C)c2ccc(N3CCCC3=O)cc2)ccc1OC. The van der Waals surface area contributed by atoms with Gasteiger partial charge in [0.25, 0.3) is 0 Å². The third kappa shape index (κ3) is 5.39. The normalized spacial score (nSPS) is 14.7. The minimum atomic E-state index is 0.181. The summed E-state index contributed by atoms with van der Waals surface area (Å²) in [5, 5.41) is 3.55. The summed E-state index contributed by atoms with van der Waals surface area (Å²) < 4.78 is 11.2. The number of benzene rings is 2. The molecular formula is C24H30N2O3. The average Bonchev–Trinajstić information content (AvgIpc) is 3.16. The summed E-state index contributed by atoms with van der Waals surface area (Å²) in [5.74, 6) is 1.66. The fourth-order valence-electron chi connectivity index (χ4n) is 3.40. The van der Waals surface area contributed by atoms with Crippen molar-refractivity contribution in [2.24, 2.45) is 0 Å². The molecule has 1 unspecified atom stereocenters. The number of amides is 1. The largest absolute Gasteiger partial charge is 0.493 e. The first kappa shape index (κ1) is 20.9. The number of nitrogens with one attached hydrogen (secondary N) is 1. The highest BCUT2D eigenvalue weighted by Crippen LogP contribution is 2.29. The summed E-state index contributed by atoms with van der Waals surface area (Å²) in [6.45, 7) is 9.94. The molecule has 0 spiro atoms. The molecule has 1 heterocycles. The van der Waals surface area contributed by atoms with E-state index in [-0.39, 0.29) is 11.9 Å². The monoisotopic (exact) mass is 394 g/mol. The van der Waals surface area contributed by atoms with E-state index in [1.54, 1.807) is 7.11 Å². The predicted molar refractivity (Wildman–Crippen MR) is 117 cm³/mol. The van der Waals surface area contributed by atoms with E-state index in [9.17, 15) is 4.79 Å². The highest BCUT2D eigenvalue weighted by Gasteiger charge is 2.21. The van der Waals surface area contributed by atoms with E-state index in [0.29, 0.717) is 19.6 Å². The smallest absolute Gasteiger partial charge is 0.227 e. The van der Waals surface area contributed by atoms with Crippen LogP contribution < -0.4 is 19.7 Å². The Bertz CT molecular complexity index is 861. The second-order valence-corrected chi connectivity index (χ2v) is 7.57. The van der Waals surface area contributed by atoms with Crippen LogP contribution in [0.2, 0.25) is 0 Å². The van der Waals surface area contributed by atoms with Crippen molar-refractivity contribution in [2.45, 2.75) is 39.3 Å². The van der Waals surface area contributed by atoms with E-state index in [0.717, 1.165) is 41.3 Å². The molecule has 0 aliphatic carbocycles. The van der Waals surface area contributed by atoms with Gasteiger partial charge in [-0.1, -0.05) is 24.8 Å². The Morgan fingerprint density at radius 2 is 1.97 bits per heavy atom. The van der Waals surface area contributed by atoms with Crippen molar-refractivity contribution in [3.05, 3.63) is 65.7 Å². The van der Waals surface area contributed by atoms with Crippen molar-refractivity contribution in [1.82, 2.24) is 5.32 Å². The van der Waals surface area contributed by atoms with Gasteiger partial charge < -0.3 is 19.7 Å². The third-order valence-electron chi connectivity index (χ3n) is 5.09. The number of carbonyl (C=O) groups excluding carboxylic acids is 1. The summed E-state index contributed by atoms with van der Waals surface area (Å²) in [6.07, 6.45) is 1.60. The molecule has 5 heteroatoms. The van der Waals surface area contributed by atoms with Gasteiger partial charge in [0.1, 0.15) is 6.61 Å². The number of nitrogens with zero attached hydrogens (tertiary/aromatic N) is 1. The zero-order valence-corrected chi connectivity index (χ0v) is 17.5. The second-order valence-electron chi connectivity index (χ2n) is 7.57. The topological polar surface area (TPSA) is 50.8 Å². The molecule has 0 saturated carbocycles. The predicted octanol–water partition coefficient (Wildman–Crippen LogP) is 4.63. The molecule has 1 fully saturated rings. The van der Waals surface area contributed by atoms with Crippen LogP contribution in [-0.2, 0) is 11.3 Å². The van der Waals surface area contributed by atoms with Crippen LogP contribution in [0.1, 0.15) is 43.9 Å². The standard InChI is InChI=1S/C24H30N2O3/c1-17(2)16-29-23-14-19(7-12-22(23)28-4)15-25-18(3)20-8-10-21(11-9-20)26-13-5-6-24(26)27/h7-12,14,18,25H,1,5-6,13,15-16H2,2-4H3. The summed E-state index contributed by atoms with van der Waals surface area (Å²) in [6, 6.07) is 14.4. The van der Waals surface area contributed by atoms with Gasteiger partial charge in [-0.15, -0.1) is 0 Å². The Kier molecular flexibility index (Phi) is 6.94. The summed E-state index contributed by atoms with van der Waals surface area (Å²) >= 11 is 0. The number of rotatable bonds is 9. The van der Waals surface area contributed by atoms with Gasteiger partial charge in [-0.2, -0.15) is 0 Å². The lowest BCUT2D eigenvalue weighted by Gasteiger charge is -2.19. The van der Waals surface area contributed by atoms with Gasteiger partial charge in [0, 0.05) is 31.2 Å². The van der Waals surface area contributed by atoms with E-state index in [4.69, 9.17) is 9.47 Å². The van der Waals surface area contributed by atoms with Crippen LogP contribution in [-0.4, -0.2) is 26.2 Å². The fraction of sp³-hybridized carbons (Fsp3) is 0.375. The van der Waals surface area contributed by atoms with Gasteiger partial charge in [0.05, 0.1) is 7.11 Å². The molecule has 0 aromatic heterocycles. The molecular weight excluding hydrogens is 364 g/mol. The quantitative estimate of drug-likeness (QED) is 0.630. The number of methoxy groups -OCH3 is 1. The highest BCUT2D eigenvalue weighted by atomic mass is 16.5. The molecule has 154 valence electrons. The molecule has 3 rings (SSSR count). The van der Waals surface area contributed by atoms with Gasteiger partial charge >= 0.3 is 0 Å². The van der Waals surface area contributed by atoms with Crippen molar-refractivity contribution in [2.75, 3.05) is 25.2 Å². The van der Waals surface area contributed by atoms with Gasteiger partial charge in [0.2, 0.25) is 5.91 Å². The van der Waals surface area contributed by atoms with Crippen LogP contribution in [0.25, 0.3) is 0 Å². The van der Waals surface area contributed by atoms with Gasteiger partial charge in [-0.3, -0.25) is 4.79 Å². The maximum Gasteiger partial charge on any atom is 0.227 e. The molecule has 1 amide bonds. The minimum absolute atomic E-state index is 0.181. The molecule has 1 aliphatic heterocycles. The molecule has 1 atom stereocenters. The van der Waals surface area contributed by atoms with Crippen molar-refractivity contribution in [1.29, 1.82) is 0 Å². The third-order valence-corrected chi connectivity index (χ3v) is 5.09.